The van der Waals surface area contributed by atoms with Crippen molar-refractivity contribution >= 4 is 0 Å². The van der Waals surface area contributed by atoms with Gasteiger partial charge in [-0.25, -0.2) is 0 Å². The molecule has 28 heavy (non-hydrogen) atoms. The van der Waals surface area contributed by atoms with Crippen molar-refractivity contribution in [2.24, 2.45) is 22.7 Å². The minimum atomic E-state index is -0.998. The van der Waals surface area contributed by atoms with Gasteiger partial charge in [0.1, 0.15) is 0 Å². The number of aliphatic hydroxyl groups is 3. The molecule has 2 saturated carbocycles. The van der Waals surface area contributed by atoms with E-state index in [4.69, 9.17) is 0 Å². The Labute approximate surface area is 167 Å². The zero-order valence-corrected chi connectivity index (χ0v) is 16.9. The average molecular weight is 381 g/mol. The van der Waals surface area contributed by atoms with Crippen LogP contribution in [0.4, 0.5) is 0 Å². The molecule has 2 fully saturated rings. The van der Waals surface area contributed by atoms with Gasteiger partial charge in [0.05, 0.1) is 17.3 Å². The predicted octanol–water partition coefficient (Wildman–Crippen LogP) is 4.09. The van der Waals surface area contributed by atoms with Gasteiger partial charge in [0.2, 0.25) is 0 Å². The molecular formula is C25H32O3. The number of benzene rings is 1. The van der Waals surface area contributed by atoms with E-state index >= 15 is 0 Å². The van der Waals surface area contributed by atoms with Crippen LogP contribution in [0.15, 0.2) is 54.1 Å². The standard InChI is InChI=1S/C25H32O3/c1-22-12-10-19(26)16-18(22)8-9-21-20(22)11-13-23(2)24(27,14-15-25(21,23)28)17-6-4-3-5-7-17/h3-9,16,19-21,26-28H,10-15H2,1-2H3/t19-,20-,21+,22-,23+,24-,25-/m0/s1. The maximum absolute atomic E-state index is 12.1. The number of rotatable bonds is 1. The second-order valence-electron chi connectivity index (χ2n) is 10.2. The van der Waals surface area contributed by atoms with Crippen LogP contribution in [0.3, 0.4) is 0 Å². The summed E-state index contributed by atoms with van der Waals surface area (Å²) in [6, 6.07) is 9.94. The van der Waals surface area contributed by atoms with Crippen LogP contribution in [0, 0.1) is 22.7 Å². The predicted molar refractivity (Wildman–Crippen MR) is 109 cm³/mol. The molecule has 0 radical (unpaired) electrons. The Morgan fingerprint density at radius 3 is 2.43 bits per heavy atom. The van der Waals surface area contributed by atoms with Gasteiger partial charge in [-0.15, -0.1) is 0 Å². The Morgan fingerprint density at radius 2 is 1.68 bits per heavy atom. The lowest BCUT2D eigenvalue weighted by Crippen LogP contribution is -2.62. The van der Waals surface area contributed by atoms with E-state index in [1.807, 2.05) is 36.4 Å². The lowest BCUT2D eigenvalue weighted by molar-refractivity contribution is -0.206. The molecule has 7 atom stereocenters. The van der Waals surface area contributed by atoms with Crippen LogP contribution in [-0.4, -0.2) is 27.0 Å². The third-order valence-electron chi connectivity index (χ3n) is 9.22. The molecule has 0 bridgehead atoms. The molecule has 150 valence electrons. The first-order valence-electron chi connectivity index (χ1n) is 10.8. The van der Waals surface area contributed by atoms with Gasteiger partial charge < -0.3 is 15.3 Å². The van der Waals surface area contributed by atoms with Gasteiger partial charge in [-0.3, -0.25) is 0 Å². The average Bonchev–Trinajstić information content (AvgIpc) is 2.91. The third-order valence-corrected chi connectivity index (χ3v) is 9.22. The molecule has 0 heterocycles. The first-order chi connectivity index (χ1) is 13.2. The highest BCUT2D eigenvalue weighted by atomic mass is 16.3. The van der Waals surface area contributed by atoms with Crippen LogP contribution in [0.5, 0.6) is 0 Å². The number of hydrogen-bond acceptors (Lipinski definition) is 3. The summed E-state index contributed by atoms with van der Waals surface area (Å²) in [5.74, 6) is 0.397. The van der Waals surface area contributed by atoms with E-state index in [1.54, 1.807) is 0 Å². The molecule has 0 spiro atoms. The molecule has 0 aromatic heterocycles. The first kappa shape index (κ1) is 18.6. The van der Waals surface area contributed by atoms with Crippen molar-refractivity contribution < 1.29 is 15.3 Å². The van der Waals surface area contributed by atoms with Gasteiger partial charge in [0.25, 0.3) is 0 Å². The Balaban J connectivity index is 1.59. The molecule has 5 rings (SSSR count). The van der Waals surface area contributed by atoms with E-state index in [9.17, 15) is 15.3 Å². The maximum Gasteiger partial charge on any atom is 0.0978 e. The molecule has 4 aliphatic rings. The zero-order chi connectivity index (χ0) is 19.8. The minimum Gasteiger partial charge on any atom is -0.389 e. The van der Waals surface area contributed by atoms with Gasteiger partial charge in [-0.05, 0) is 61.0 Å². The highest BCUT2D eigenvalue weighted by Crippen LogP contribution is 2.70. The van der Waals surface area contributed by atoms with Crippen LogP contribution in [0.25, 0.3) is 0 Å². The van der Waals surface area contributed by atoms with Crippen LogP contribution in [0.1, 0.15) is 57.9 Å². The van der Waals surface area contributed by atoms with E-state index in [2.05, 4.69) is 26.0 Å². The topological polar surface area (TPSA) is 60.7 Å². The summed E-state index contributed by atoms with van der Waals surface area (Å²) in [6.07, 6.45) is 10.8. The highest BCUT2D eigenvalue weighted by Gasteiger charge is 2.71. The number of hydrogen-bond donors (Lipinski definition) is 3. The summed E-state index contributed by atoms with van der Waals surface area (Å²) in [5.41, 5.74) is -0.319. The summed E-state index contributed by atoms with van der Waals surface area (Å²) >= 11 is 0. The van der Waals surface area contributed by atoms with Crippen LogP contribution < -0.4 is 0 Å². The van der Waals surface area contributed by atoms with Crippen molar-refractivity contribution in [1.29, 1.82) is 0 Å². The highest BCUT2D eigenvalue weighted by molar-refractivity contribution is 5.40. The molecule has 1 aromatic carbocycles. The fourth-order valence-corrected chi connectivity index (χ4v) is 7.31. The summed E-state index contributed by atoms with van der Waals surface area (Å²) in [7, 11) is 0. The van der Waals surface area contributed by atoms with Crippen molar-refractivity contribution in [1.82, 2.24) is 0 Å². The lowest BCUT2D eigenvalue weighted by Gasteiger charge is -2.61. The Kier molecular flexibility index (Phi) is 3.86. The maximum atomic E-state index is 12.1. The SMILES string of the molecule is C[C@]12CC[C@H]3[C@@H](C=CC4=C[C@@H](O)CC[C@@]43C)[C@@]1(O)CC[C@]2(O)c1ccccc1. The number of allylic oxidation sites excluding steroid dienone is 2. The van der Waals surface area contributed by atoms with E-state index in [0.717, 1.165) is 31.2 Å². The van der Waals surface area contributed by atoms with Crippen molar-refractivity contribution in [3.8, 4) is 0 Å². The van der Waals surface area contributed by atoms with Gasteiger partial charge in [0, 0.05) is 11.3 Å². The van der Waals surface area contributed by atoms with Gasteiger partial charge in [-0.1, -0.05) is 62.4 Å². The van der Waals surface area contributed by atoms with Gasteiger partial charge in [0.15, 0.2) is 0 Å². The summed E-state index contributed by atoms with van der Waals surface area (Å²) < 4.78 is 0. The molecule has 3 heteroatoms. The lowest BCUT2D eigenvalue weighted by atomic mass is 9.46. The number of aliphatic hydroxyl groups excluding tert-OH is 1. The molecule has 0 aliphatic heterocycles. The Bertz CT molecular complexity index is 845. The second kappa shape index (κ2) is 5.81. The monoisotopic (exact) mass is 380 g/mol. The molecule has 0 amide bonds. The first-order valence-corrected chi connectivity index (χ1v) is 10.8. The largest absolute Gasteiger partial charge is 0.389 e. The summed E-state index contributed by atoms with van der Waals surface area (Å²) in [4.78, 5) is 0. The molecule has 4 aliphatic carbocycles. The molecule has 3 nitrogen and oxygen atoms in total. The van der Waals surface area contributed by atoms with E-state index < -0.39 is 16.6 Å². The van der Waals surface area contributed by atoms with Crippen LogP contribution in [0.2, 0.25) is 0 Å². The fraction of sp³-hybridized carbons (Fsp3) is 0.600. The smallest absolute Gasteiger partial charge is 0.0978 e. The molecule has 1 aromatic rings. The van der Waals surface area contributed by atoms with E-state index in [0.29, 0.717) is 18.8 Å². The minimum absolute atomic E-state index is 0.00313. The van der Waals surface area contributed by atoms with Crippen LogP contribution >= 0.6 is 0 Å². The number of fused-ring (bicyclic) bond motifs is 5. The molecule has 0 unspecified atom stereocenters. The summed E-state index contributed by atoms with van der Waals surface area (Å²) in [5, 5.41) is 34.1. The van der Waals surface area contributed by atoms with Gasteiger partial charge >= 0.3 is 0 Å². The van der Waals surface area contributed by atoms with Crippen molar-refractivity contribution in [2.75, 3.05) is 0 Å². The molecular weight excluding hydrogens is 348 g/mol. The van der Waals surface area contributed by atoms with Crippen LogP contribution in [-0.2, 0) is 5.60 Å². The van der Waals surface area contributed by atoms with Crippen molar-refractivity contribution in [3.05, 3.63) is 59.7 Å². The quantitative estimate of drug-likeness (QED) is 0.688. The fourth-order valence-electron chi connectivity index (χ4n) is 7.31. The summed E-state index contributed by atoms with van der Waals surface area (Å²) in [6.45, 7) is 4.42. The Hall–Kier alpha value is -1.42. The van der Waals surface area contributed by atoms with E-state index in [1.165, 1.54) is 5.57 Å². The third kappa shape index (κ3) is 2.10. The molecule has 3 N–H and O–H groups in total. The van der Waals surface area contributed by atoms with E-state index in [-0.39, 0.29) is 17.4 Å². The molecule has 0 saturated heterocycles. The zero-order valence-electron chi connectivity index (χ0n) is 16.9. The van der Waals surface area contributed by atoms with Crippen molar-refractivity contribution in [2.45, 2.75) is 69.7 Å². The van der Waals surface area contributed by atoms with Crippen molar-refractivity contribution in [3.63, 3.8) is 0 Å². The normalized spacial score (nSPS) is 49.8. The Morgan fingerprint density at radius 1 is 0.929 bits per heavy atom. The second-order valence-corrected chi connectivity index (χ2v) is 10.2. The van der Waals surface area contributed by atoms with Gasteiger partial charge in [-0.2, -0.15) is 0 Å².